The van der Waals surface area contributed by atoms with Crippen LogP contribution in [-0.2, 0) is 14.3 Å². The standard InChI is InChI=1S/C6H8Cl2O3/c7-6(8)2-1-3-10-5(6)11-4-9/h4-5H,1-3H2. The second-order valence-corrected chi connectivity index (χ2v) is 3.84. The Bertz CT molecular complexity index is 149. The van der Waals surface area contributed by atoms with E-state index in [0.29, 0.717) is 13.0 Å². The van der Waals surface area contributed by atoms with Gasteiger partial charge in [0.15, 0.2) is 4.33 Å². The van der Waals surface area contributed by atoms with E-state index >= 15 is 0 Å². The van der Waals surface area contributed by atoms with E-state index in [9.17, 15) is 4.79 Å². The molecule has 0 aromatic rings. The first-order valence-electron chi connectivity index (χ1n) is 3.25. The number of carbonyl (C=O) groups excluding carboxylic acids is 1. The summed E-state index contributed by atoms with van der Waals surface area (Å²) in [6.07, 6.45) is 0.539. The number of ether oxygens (including phenoxy) is 2. The maximum absolute atomic E-state index is 9.94. The van der Waals surface area contributed by atoms with Gasteiger partial charge in [0, 0.05) is 0 Å². The zero-order valence-corrected chi connectivity index (χ0v) is 7.27. The summed E-state index contributed by atoms with van der Waals surface area (Å²) in [4.78, 5) is 9.94. The molecule has 0 aromatic heterocycles. The monoisotopic (exact) mass is 198 g/mol. The van der Waals surface area contributed by atoms with Crippen LogP contribution in [0, 0.1) is 0 Å². The van der Waals surface area contributed by atoms with Gasteiger partial charge in [-0.15, -0.1) is 0 Å². The highest BCUT2D eigenvalue weighted by molar-refractivity contribution is 6.48. The maximum atomic E-state index is 9.94. The predicted octanol–water partition coefficient (Wildman–Crippen LogP) is 1.47. The van der Waals surface area contributed by atoms with Crippen LogP contribution in [0.25, 0.3) is 0 Å². The van der Waals surface area contributed by atoms with E-state index < -0.39 is 10.6 Å². The average molecular weight is 199 g/mol. The van der Waals surface area contributed by atoms with Crippen molar-refractivity contribution in [2.75, 3.05) is 6.61 Å². The molecule has 0 aliphatic carbocycles. The van der Waals surface area contributed by atoms with Crippen molar-refractivity contribution in [3.05, 3.63) is 0 Å². The Morgan fingerprint density at radius 1 is 1.64 bits per heavy atom. The maximum Gasteiger partial charge on any atom is 0.295 e. The molecule has 1 heterocycles. The van der Waals surface area contributed by atoms with Gasteiger partial charge in [-0.2, -0.15) is 0 Å². The second kappa shape index (κ2) is 3.61. The molecule has 0 aromatic carbocycles. The van der Waals surface area contributed by atoms with Crippen molar-refractivity contribution in [3.8, 4) is 0 Å². The average Bonchev–Trinajstić information content (AvgIpc) is 1.94. The number of carbonyl (C=O) groups is 1. The van der Waals surface area contributed by atoms with Crippen LogP contribution in [0.15, 0.2) is 0 Å². The summed E-state index contributed by atoms with van der Waals surface area (Å²) in [7, 11) is 0. The van der Waals surface area contributed by atoms with Crippen molar-refractivity contribution >= 4 is 29.7 Å². The van der Waals surface area contributed by atoms with Crippen LogP contribution in [0.1, 0.15) is 12.8 Å². The summed E-state index contributed by atoms with van der Waals surface area (Å²) >= 11 is 11.5. The molecule has 1 rings (SSSR count). The normalized spacial score (nSPS) is 29.5. The SMILES string of the molecule is O=COC1OCCCC1(Cl)Cl. The van der Waals surface area contributed by atoms with E-state index in [2.05, 4.69) is 4.74 Å². The molecule has 1 unspecified atom stereocenters. The third kappa shape index (κ3) is 2.22. The van der Waals surface area contributed by atoms with Crippen LogP contribution in [-0.4, -0.2) is 23.7 Å². The fourth-order valence-corrected chi connectivity index (χ4v) is 1.42. The summed E-state index contributed by atoms with van der Waals surface area (Å²) in [6, 6.07) is 0. The molecule has 3 nitrogen and oxygen atoms in total. The number of halogens is 2. The molecule has 0 saturated carbocycles. The van der Waals surface area contributed by atoms with Gasteiger partial charge in [0.2, 0.25) is 6.29 Å². The Morgan fingerprint density at radius 3 is 2.91 bits per heavy atom. The van der Waals surface area contributed by atoms with Crippen LogP contribution in [0.2, 0.25) is 0 Å². The second-order valence-electron chi connectivity index (χ2n) is 2.30. The molecule has 1 aliphatic heterocycles. The predicted molar refractivity (Wildman–Crippen MR) is 40.6 cm³/mol. The van der Waals surface area contributed by atoms with Crippen molar-refractivity contribution in [2.45, 2.75) is 23.5 Å². The van der Waals surface area contributed by atoms with E-state index in [-0.39, 0.29) is 6.47 Å². The summed E-state index contributed by atoms with van der Waals surface area (Å²) in [6.45, 7) is 0.815. The smallest absolute Gasteiger partial charge is 0.295 e. The zero-order chi connectivity index (χ0) is 8.32. The molecule has 0 amide bonds. The lowest BCUT2D eigenvalue weighted by Gasteiger charge is -2.31. The van der Waals surface area contributed by atoms with Gasteiger partial charge in [0.25, 0.3) is 6.47 Å². The largest absolute Gasteiger partial charge is 0.435 e. The van der Waals surface area contributed by atoms with E-state index in [1.807, 2.05) is 0 Å². The highest BCUT2D eigenvalue weighted by Crippen LogP contribution is 2.36. The van der Waals surface area contributed by atoms with Gasteiger partial charge in [0.1, 0.15) is 0 Å². The van der Waals surface area contributed by atoms with Crippen molar-refractivity contribution < 1.29 is 14.3 Å². The van der Waals surface area contributed by atoms with Gasteiger partial charge in [-0.1, -0.05) is 23.2 Å². The molecular formula is C6H8Cl2O3. The summed E-state index contributed by atoms with van der Waals surface area (Å²) in [5, 5.41) is 0. The Kier molecular flexibility index (Phi) is 2.98. The first kappa shape index (κ1) is 9.10. The van der Waals surface area contributed by atoms with Crippen LogP contribution >= 0.6 is 23.2 Å². The van der Waals surface area contributed by atoms with Crippen LogP contribution in [0.3, 0.4) is 0 Å². The van der Waals surface area contributed by atoms with Gasteiger partial charge in [-0.05, 0) is 12.8 Å². The molecule has 1 fully saturated rings. The highest BCUT2D eigenvalue weighted by Gasteiger charge is 2.40. The number of rotatable bonds is 2. The minimum Gasteiger partial charge on any atom is -0.435 e. The molecule has 1 atom stereocenters. The Morgan fingerprint density at radius 2 is 2.36 bits per heavy atom. The molecular weight excluding hydrogens is 191 g/mol. The third-order valence-corrected chi connectivity index (χ3v) is 2.18. The quantitative estimate of drug-likeness (QED) is 0.499. The van der Waals surface area contributed by atoms with Crippen molar-refractivity contribution in [2.24, 2.45) is 0 Å². The van der Waals surface area contributed by atoms with Gasteiger partial charge >= 0.3 is 0 Å². The summed E-state index contributed by atoms with van der Waals surface area (Å²) < 4.78 is 8.46. The molecule has 0 bridgehead atoms. The molecule has 0 N–H and O–H groups in total. The van der Waals surface area contributed by atoms with E-state index in [4.69, 9.17) is 27.9 Å². The van der Waals surface area contributed by atoms with E-state index in [1.54, 1.807) is 0 Å². The summed E-state index contributed by atoms with van der Waals surface area (Å²) in [5.74, 6) is 0. The van der Waals surface area contributed by atoms with Crippen LogP contribution < -0.4 is 0 Å². The molecule has 1 aliphatic rings. The highest BCUT2D eigenvalue weighted by atomic mass is 35.5. The Balaban J connectivity index is 2.52. The lowest BCUT2D eigenvalue weighted by Crippen LogP contribution is -2.40. The number of hydrogen-bond donors (Lipinski definition) is 0. The fraction of sp³-hybridized carbons (Fsp3) is 0.833. The van der Waals surface area contributed by atoms with E-state index in [0.717, 1.165) is 6.42 Å². The first-order valence-corrected chi connectivity index (χ1v) is 4.01. The van der Waals surface area contributed by atoms with E-state index in [1.165, 1.54) is 0 Å². The fourth-order valence-electron chi connectivity index (χ4n) is 0.927. The molecule has 5 heteroatoms. The molecule has 11 heavy (non-hydrogen) atoms. The molecule has 0 radical (unpaired) electrons. The van der Waals surface area contributed by atoms with Gasteiger partial charge in [-0.25, -0.2) is 0 Å². The van der Waals surface area contributed by atoms with Crippen LogP contribution in [0.5, 0.6) is 0 Å². The van der Waals surface area contributed by atoms with Gasteiger partial charge < -0.3 is 9.47 Å². The summed E-state index contributed by atoms with van der Waals surface area (Å²) in [5.41, 5.74) is 0. The zero-order valence-electron chi connectivity index (χ0n) is 5.76. The minimum atomic E-state index is -1.08. The van der Waals surface area contributed by atoms with Crippen molar-refractivity contribution in [3.63, 3.8) is 0 Å². The first-order chi connectivity index (χ1) is 5.17. The molecule has 64 valence electrons. The minimum absolute atomic E-state index is 0.287. The topological polar surface area (TPSA) is 35.5 Å². The lowest BCUT2D eigenvalue weighted by atomic mass is 10.2. The molecule has 1 saturated heterocycles. The van der Waals surface area contributed by atoms with Crippen LogP contribution in [0.4, 0.5) is 0 Å². The Hall–Kier alpha value is 0.01000. The molecule has 0 spiro atoms. The third-order valence-electron chi connectivity index (χ3n) is 1.45. The van der Waals surface area contributed by atoms with Crippen molar-refractivity contribution in [1.82, 2.24) is 0 Å². The van der Waals surface area contributed by atoms with Gasteiger partial charge in [0.05, 0.1) is 6.61 Å². The Labute approximate surface area is 74.6 Å². The van der Waals surface area contributed by atoms with Gasteiger partial charge in [-0.3, -0.25) is 4.79 Å². The number of alkyl halides is 2. The lowest BCUT2D eigenvalue weighted by molar-refractivity contribution is -0.175. The van der Waals surface area contributed by atoms with Crippen molar-refractivity contribution in [1.29, 1.82) is 0 Å². The number of hydrogen-bond acceptors (Lipinski definition) is 3.